The molecule has 9 nitrogen and oxygen atoms in total. The Hall–Kier alpha value is -4.66. The normalized spacial score (nSPS) is 15.4. The van der Waals surface area contributed by atoms with Crippen molar-refractivity contribution in [2.24, 2.45) is 0 Å². The zero-order valence-electron chi connectivity index (χ0n) is 18.3. The van der Waals surface area contributed by atoms with Crippen LogP contribution in [0.4, 0.5) is 24.8 Å². The topological polar surface area (TPSA) is 121 Å². The summed E-state index contributed by atoms with van der Waals surface area (Å²) in [6.45, 7) is 1.46. The van der Waals surface area contributed by atoms with E-state index in [4.69, 9.17) is 4.74 Å². The van der Waals surface area contributed by atoms with E-state index in [0.29, 0.717) is 6.29 Å². The van der Waals surface area contributed by atoms with Crippen LogP contribution in [0.15, 0.2) is 58.5 Å². The number of hydrogen-bond donors (Lipinski definition) is 1. The van der Waals surface area contributed by atoms with Gasteiger partial charge in [0.15, 0.2) is 0 Å². The Morgan fingerprint density at radius 2 is 2.00 bits per heavy atom. The molecule has 4 rings (SSSR count). The number of H-pyrrole nitrogens is 1. The van der Waals surface area contributed by atoms with Crippen LogP contribution in [0.25, 0.3) is 0 Å². The first-order valence-electron chi connectivity index (χ1n) is 10.0. The van der Waals surface area contributed by atoms with Crippen molar-refractivity contribution in [1.82, 2.24) is 14.8 Å². The van der Waals surface area contributed by atoms with Crippen molar-refractivity contribution in [3.63, 3.8) is 0 Å². The van der Waals surface area contributed by atoms with Gasteiger partial charge in [-0.05, 0) is 42.8 Å². The lowest BCUT2D eigenvalue weighted by atomic mass is 9.90. The van der Waals surface area contributed by atoms with Gasteiger partial charge in [-0.1, -0.05) is 12.1 Å². The monoisotopic (exact) mass is 483 g/mol. The van der Waals surface area contributed by atoms with Crippen molar-refractivity contribution < 1.29 is 27.5 Å². The highest BCUT2D eigenvalue weighted by molar-refractivity contribution is 5.94. The van der Waals surface area contributed by atoms with Gasteiger partial charge in [0.25, 0.3) is 0 Å². The van der Waals surface area contributed by atoms with Gasteiger partial charge in [0, 0.05) is 16.9 Å². The first kappa shape index (κ1) is 23.5. The number of anilines is 2. The van der Waals surface area contributed by atoms with Crippen LogP contribution in [0.1, 0.15) is 40.0 Å². The van der Waals surface area contributed by atoms with Crippen molar-refractivity contribution in [3.8, 4) is 6.07 Å². The summed E-state index contributed by atoms with van der Waals surface area (Å²) in [6.07, 6.45) is -4.16. The molecule has 1 aromatic heterocycles. The third-order valence-electron chi connectivity index (χ3n) is 5.62. The minimum absolute atomic E-state index is 0.00660. The van der Waals surface area contributed by atoms with Crippen molar-refractivity contribution in [2.45, 2.75) is 19.1 Å². The number of fused-ring (bicyclic) bond motifs is 1. The van der Waals surface area contributed by atoms with Gasteiger partial charge in [0.05, 0.1) is 29.9 Å². The van der Waals surface area contributed by atoms with Gasteiger partial charge in [0.1, 0.15) is 12.3 Å². The number of nitriles is 1. The van der Waals surface area contributed by atoms with Gasteiger partial charge in [-0.15, -0.1) is 5.10 Å². The molecule has 0 bridgehead atoms. The minimum Gasteiger partial charge on any atom is -0.466 e. The molecule has 0 aliphatic carbocycles. The van der Waals surface area contributed by atoms with E-state index in [1.54, 1.807) is 0 Å². The van der Waals surface area contributed by atoms with E-state index < -0.39 is 29.4 Å². The number of ether oxygens (including phenoxy) is 1. The van der Waals surface area contributed by atoms with Gasteiger partial charge in [-0.2, -0.15) is 18.4 Å². The van der Waals surface area contributed by atoms with Crippen LogP contribution < -0.4 is 10.6 Å². The van der Waals surface area contributed by atoms with Gasteiger partial charge >= 0.3 is 17.8 Å². The molecule has 1 atom stereocenters. The molecule has 3 aromatic rings. The molecular formula is C23H16F3N5O4. The van der Waals surface area contributed by atoms with Gasteiger partial charge in [0.2, 0.25) is 5.95 Å². The maximum absolute atomic E-state index is 13.4. The molecule has 35 heavy (non-hydrogen) atoms. The number of nitrogens with one attached hydrogen (secondary N) is 1. The summed E-state index contributed by atoms with van der Waals surface area (Å²) >= 11 is 0. The van der Waals surface area contributed by atoms with E-state index >= 15 is 0 Å². The predicted molar refractivity (Wildman–Crippen MR) is 116 cm³/mol. The lowest BCUT2D eigenvalue weighted by Gasteiger charge is -2.35. The molecule has 1 aliphatic heterocycles. The van der Waals surface area contributed by atoms with Crippen LogP contribution in [0.2, 0.25) is 0 Å². The molecule has 1 N–H and O–H groups in total. The number of nitrogens with zero attached hydrogens (tertiary/aromatic N) is 4. The van der Waals surface area contributed by atoms with E-state index in [9.17, 15) is 32.8 Å². The molecule has 0 saturated heterocycles. The summed E-state index contributed by atoms with van der Waals surface area (Å²) in [4.78, 5) is 38.9. The maximum atomic E-state index is 13.4. The number of aldehydes is 1. The third-order valence-corrected chi connectivity index (χ3v) is 5.62. The Bertz CT molecular complexity index is 1480. The number of benzene rings is 2. The van der Waals surface area contributed by atoms with Crippen molar-refractivity contribution in [2.75, 3.05) is 12.0 Å². The number of aromatic nitrogens is 3. The molecule has 0 unspecified atom stereocenters. The van der Waals surface area contributed by atoms with Crippen LogP contribution in [-0.4, -0.2) is 34.1 Å². The van der Waals surface area contributed by atoms with Crippen LogP contribution in [0, 0.1) is 11.3 Å². The zero-order chi connectivity index (χ0) is 25.5. The highest BCUT2D eigenvalue weighted by Gasteiger charge is 2.41. The average Bonchev–Trinajstić information content (AvgIpc) is 3.22. The number of aromatic amines is 1. The number of esters is 1. The van der Waals surface area contributed by atoms with Crippen molar-refractivity contribution >= 4 is 23.9 Å². The lowest BCUT2D eigenvalue weighted by Crippen LogP contribution is -2.38. The van der Waals surface area contributed by atoms with E-state index in [0.717, 1.165) is 23.8 Å². The summed E-state index contributed by atoms with van der Waals surface area (Å²) in [5.74, 6) is -0.977. The molecule has 0 saturated carbocycles. The largest absolute Gasteiger partial charge is 0.466 e. The summed E-state index contributed by atoms with van der Waals surface area (Å²) in [6, 6.07) is 9.15. The van der Waals surface area contributed by atoms with Gasteiger partial charge in [-0.25, -0.2) is 19.3 Å². The van der Waals surface area contributed by atoms with Crippen LogP contribution in [0.3, 0.4) is 0 Å². The molecule has 0 amide bonds. The van der Waals surface area contributed by atoms with Crippen molar-refractivity contribution in [1.29, 1.82) is 5.26 Å². The number of rotatable bonds is 4. The molecule has 12 heteroatoms. The third kappa shape index (κ3) is 3.86. The number of halogens is 3. The van der Waals surface area contributed by atoms with E-state index in [-0.39, 0.29) is 39.6 Å². The summed E-state index contributed by atoms with van der Waals surface area (Å²) in [5, 5.41) is 15.4. The molecule has 1 aliphatic rings. The zero-order valence-corrected chi connectivity index (χ0v) is 18.3. The second-order valence-electron chi connectivity index (χ2n) is 7.55. The van der Waals surface area contributed by atoms with Gasteiger partial charge in [-0.3, -0.25) is 9.69 Å². The number of hydrogen-bond acceptors (Lipinski definition) is 7. The average molecular weight is 483 g/mol. The van der Waals surface area contributed by atoms with E-state index in [1.165, 1.54) is 42.2 Å². The Balaban J connectivity index is 2.04. The molecule has 178 valence electrons. The number of alkyl halides is 3. The van der Waals surface area contributed by atoms with Crippen molar-refractivity contribution in [3.05, 3.63) is 86.5 Å². The lowest BCUT2D eigenvalue weighted by molar-refractivity contribution is -0.138. The molecule has 0 radical (unpaired) electrons. The highest BCUT2D eigenvalue weighted by Crippen LogP contribution is 2.43. The highest BCUT2D eigenvalue weighted by atomic mass is 19.4. The molecule has 0 spiro atoms. The smallest absolute Gasteiger partial charge is 0.416 e. The Morgan fingerprint density at radius 3 is 2.63 bits per heavy atom. The maximum Gasteiger partial charge on any atom is 0.416 e. The number of methoxy groups -OCH3 is 1. The fraction of sp³-hybridized carbons (Fsp3) is 0.174. The Kier molecular flexibility index (Phi) is 5.77. The molecule has 0 fully saturated rings. The fourth-order valence-electron chi connectivity index (χ4n) is 4.07. The van der Waals surface area contributed by atoms with E-state index in [2.05, 4.69) is 10.2 Å². The number of carbonyl (C=O) groups excluding carboxylic acids is 2. The first-order valence-corrected chi connectivity index (χ1v) is 10.0. The Morgan fingerprint density at radius 1 is 1.26 bits per heavy atom. The minimum atomic E-state index is -4.64. The van der Waals surface area contributed by atoms with E-state index in [1.807, 2.05) is 6.07 Å². The summed E-state index contributed by atoms with van der Waals surface area (Å²) < 4.78 is 46.1. The van der Waals surface area contributed by atoms with Crippen LogP contribution in [0.5, 0.6) is 0 Å². The quantitative estimate of drug-likeness (QED) is 0.446. The SMILES string of the molecule is COC(=O)C1=C(C)N(c2cccc(C(F)(F)F)c2)c2n[nH]c(=O)n2[C@@H]1c1ccc(C#N)cc1C=O. The van der Waals surface area contributed by atoms with Crippen LogP contribution >= 0.6 is 0 Å². The molecule has 2 aromatic carbocycles. The molecular weight excluding hydrogens is 467 g/mol. The number of allylic oxidation sites excluding steroid dienone is 1. The fourth-order valence-corrected chi connectivity index (χ4v) is 4.07. The molecule has 2 heterocycles. The predicted octanol–water partition coefficient (Wildman–Crippen LogP) is 3.46. The second-order valence-corrected chi connectivity index (χ2v) is 7.55. The summed E-state index contributed by atoms with van der Waals surface area (Å²) in [7, 11) is 1.11. The second kappa shape index (κ2) is 8.60. The summed E-state index contributed by atoms with van der Waals surface area (Å²) in [5.41, 5.74) is -1.28. The van der Waals surface area contributed by atoms with Gasteiger partial charge < -0.3 is 4.74 Å². The number of carbonyl (C=O) groups is 2. The Labute approximate surface area is 195 Å². The first-order chi connectivity index (χ1) is 16.6. The van der Waals surface area contributed by atoms with Crippen LogP contribution in [-0.2, 0) is 15.7 Å². The standard InChI is InChI=1S/C23H16F3N5O4/c1-12-18(20(33)35-2)19(17-7-6-13(10-27)8-14(17)11-32)31-21(28-29-22(31)34)30(12)16-5-3-4-15(9-16)23(24,25)26/h3-9,11,19H,1-2H3,(H,29,34)/t19-/m1/s1.